The Labute approximate surface area is 162 Å². The van der Waals surface area contributed by atoms with Crippen LogP contribution in [-0.4, -0.2) is 47.2 Å². The first-order valence-electron chi connectivity index (χ1n) is 10.4. The Morgan fingerprint density at radius 1 is 1.30 bits per heavy atom. The van der Waals surface area contributed by atoms with Crippen molar-refractivity contribution in [2.45, 2.75) is 77.7 Å². The third-order valence-corrected chi connectivity index (χ3v) is 6.53. The first kappa shape index (κ1) is 19.0. The molecule has 3 aliphatic rings. The molecule has 4 rings (SSSR count). The highest BCUT2D eigenvalue weighted by atomic mass is 16.7. The number of aromatic nitrogens is 1. The van der Waals surface area contributed by atoms with Gasteiger partial charge in [-0.1, -0.05) is 0 Å². The summed E-state index contributed by atoms with van der Waals surface area (Å²) in [6.07, 6.45) is 7.65. The highest BCUT2D eigenvalue weighted by Gasteiger charge is 2.48. The molecule has 148 valence electrons. The van der Waals surface area contributed by atoms with Gasteiger partial charge in [-0.3, -0.25) is 14.7 Å². The van der Waals surface area contributed by atoms with Gasteiger partial charge >= 0.3 is 0 Å². The van der Waals surface area contributed by atoms with Crippen molar-refractivity contribution in [1.29, 1.82) is 0 Å². The fourth-order valence-corrected chi connectivity index (χ4v) is 4.74. The molecule has 1 aliphatic carbocycles. The molecule has 0 N–H and O–H groups in total. The number of hydrogen-bond donors (Lipinski definition) is 0. The van der Waals surface area contributed by atoms with Crippen LogP contribution in [-0.2, 0) is 22.5 Å². The fraction of sp³-hybridized carbons (Fsp3) is 0.727. The Balaban J connectivity index is 1.42. The number of ether oxygens (including phenoxy) is 2. The summed E-state index contributed by atoms with van der Waals surface area (Å²) in [4.78, 5) is 20.1. The predicted octanol–water partition coefficient (Wildman–Crippen LogP) is 3.74. The second-order valence-corrected chi connectivity index (χ2v) is 9.38. The summed E-state index contributed by atoms with van der Waals surface area (Å²) in [6.45, 7) is 9.98. The smallest absolute Gasteiger partial charge is 0.171 e. The monoisotopic (exact) mass is 372 g/mol. The van der Waals surface area contributed by atoms with E-state index in [9.17, 15) is 4.79 Å². The number of fused-ring (bicyclic) bond motifs is 1. The van der Waals surface area contributed by atoms with E-state index in [1.807, 2.05) is 0 Å². The topological polar surface area (TPSA) is 51.7 Å². The predicted molar refractivity (Wildman–Crippen MR) is 104 cm³/mol. The van der Waals surface area contributed by atoms with Crippen molar-refractivity contribution in [2.75, 3.05) is 19.7 Å². The number of rotatable bonds is 3. The molecule has 3 heterocycles. The molecule has 1 atom stereocenters. The third-order valence-electron chi connectivity index (χ3n) is 6.53. The van der Waals surface area contributed by atoms with E-state index in [2.05, 4.69) is 36.7 Å². The molecular formula is C22H32N2O3. The molecule has 0 aromatic carbocycles. The second-order valence-electron chi connectivity index (χ2n) is 9.38. The first-order valence-corrected chi connectivity index (χ1v) is 10.4. The lowest BCUT2D eigenvalue weighted by Crippen LogP contribution is -2.50. The SMILES string of the molecule is CC(C)(C)N1CCC2(CC1)Cc1cc(COC3CCCCO3)ncc1C2=O. The number of pyridine rings is 1. The molecule has 2 aliphatic heterocycles. The molecule has 0 saturated carbocycles. The first-order chi connectivity index (χ1) is 12.9. The van der Waals surface area contributed by atoms with Crippen LogP contribution in [0.25, 0.3) is 0 Å². The van der Waals surface area contributed by atoms with Crippen LogP contribution in [0.1, 0.15) is 74.5 Å². The number of hydrogen-bond acceptors (Lipinski definition) is 5. The molecule has 0 amide bonds. The summed E-state index contributed by atoms with van der Waals surface area (Å²) in [6, 6.07) is 2.08. The minimum Gasteiger partial charge on any atom is -0.353 e. The zero-order valence-electron chi connectivity index (χ0n) is 16.9. The summed E-state index contributed by atoms with van der Waals surface area (Å²) >= 11 is 0. The van der Waals surface area contributed by atoms with E-state index >= 15 is 0 Å². The van der Waals surface area contributed by atoms with E-state index in [4.69, 9.17) is 9.47 Å². The third kappa shape index (κ3) is 3.82. The van der Waals surface area contributed by atoms with Crippen LogP contribution >= 0.6 is 0 Å². The maximum atomic E-state index is 13.1. The van der Waals surface area contributed by atoms with Gasteiger partial charge in [0.1, 0.15) is 0 Å². The standard InChI is InChI=1S/C22H32N2O3/c1-21(2,3)24-9-7-22(8-10-24)13-16-12-17(23-14-18(16)20(22)25)15-27-19-6-4-5-11-26-19/h12,14,19H,4-11,13,15H2,1-3H3. The van der Waals surface area contributed by atoms with Gasteiger partial charge in [0.15, 0.2) is 12.1 Å². The largest absolute Gasteiger partial charge is 0.353 e. The van der Waals surface area contributed by atoms with Crippen molar-refractivity contribution in [2.24, 2.45) is 5.41 Å². The van der Waals surface area contributed by atoms with Crippen LogP contribution in [0.3, 0.4) is 0 Å². The molecule has 2 saturated heterocycles. The number of carbonyl (C=O) groups excluding carboxylic acids is 1. The maximum Gasteiger partial charge on any atom is 0.171 e. The number of nitrogens with zero attached hydrogens (tertiary/aromatic N) is 2. The van der Waals surface area contributed by atoms with Gasteiger partial charge in [0, 0.05) is 29.3 Å². The molecule has 1 aromatic heterocycles. The highest BCUT2D eigenvalue weighted by molar-refractivity contribution is 6.04. The number of Topliss-reactive ketones (excluding diaryl/α,β-unsaturated/α-hetero) is 1. The summed E-state index contributed by atoms with van der Waals surface area (Å²) < 4.78 is 11.5. The van der Waals surface area contributed by atoms with Crippen LogP contribution < -0.4 is 0 Å². The summed E-state index contributed by atoms with van der Waals surface area (Å²) in [5.74, 6) is 0.307. The van der Waals surface area contributed by atoms with Crippen LogP contribution in [0.5, 0.6) is 0 Å². The van der Waals surface area contributed by atoms with E-state index in [0.717, 1.165) is 75.0 Å². The van der Waals surface area contributed by atoms with Crippen molar-refractivity contribution < 1.29 is 14.3 Å². The summed E-state index contributed by atoms with van der Waals surface area (Å²) in [5.41, 5.74) is 2.85. The lowest BCUT2D eigenvalue weighted by Gasteiger charge is -2.44. The van der Waals surface area contributed by atoms with Gasteiger partial charge in [-0.05, 0) is 84.0 Å². The average molecular weight is 373 g/mol. The molecule has 1 unspecified atom stereocenters. The number of ketones is 1. The van der Waals surface area contributed by atoms with Crippen LogP contribution in [0.15, 0.2) is 12.3 Å². The number of piperidine rings is 1. The lowest BCUT2D eigenvalue weighted by atomic mass is 9.74. The summed E-state index contributed by atoms with van der Waals surface area (Å²) in [5, 5.41) is 0. The van der Waals surface area contributed by atoms with E-state index in [0.29, 0.717) is 12.4 Å². The number of likely N-dealkylation sites (tertiary alicyclic amines) is 1. The average Bonchev–Trinajstić information content (AvgIpc) is 2.92. The second kappa shape index (κ2) is 7.26. The Morgan fingerprint density at radius 2 is 2.07 bits per heavy atom. The molecule has 0 bridgehead atoms. The molecule has 0 radical (unpaired) electrons. The molecule has 5 nitrogen and oxygen atoms in total. The highest BCUT2D eigenvalue weighted by Crippen LogP contribution is 2.45. The van der Waals surface area contributed by atoms with E-state index < -0.39 is 0 Å². The van der Waals surface area contributed by atoms with E-state index in [-0.39, 0.29) is 17.2 Å². The minimum absolute atomic E-state index is 0.108. The fourth-order valence-electron chi connectivity index (χ4n) is 4.74. The lowest BCUT2D eigenvalue weighted by molar-refractivity contribution is -0.169. The molecule has 2 fully saturated rings. The molecule has 1 spiro atoms. The van der Waals surface area contributed by atoms with Gasteiger partial charge in [-0.2, -0.15) is 0 Å². The zero-order valence-corrected chi connectivity index (χ0v) is 16.9. The molecule has 27 heavy (non-hydrogen) atoms. The molecule has 1 aromatic rings. The Morgan fingerprint density at radius 3 is 2.74 bits per heavy atom. The Bertz CT molecular complexity index is 696. The van der Waals surface area contributed by atoms with Gasteiger partial charge in [0.05, 0.1) is 12.3 Å². The van der Waals surface area contributed by atoms with Gasteiger partial charge in [0.25, 0.3) is 0 Å². The van der Waals surface area contributed by atoms with Crippen molar-refractivity contribution in [3.63, 3.8) is 0 Å². The minimum atomic E-state index is -0.211. The van der Waals surface area contributed by atoms with Crippen LogP contribution in [0.4, 0.5) is 0 Å². The normalized spacial score (nSPS) is 25.7. The van der Waals surface area contributed by atoms with E-state index in [1.54, 1.807) is 6.20 Å². The zero-order chi connectivity index (χ0) is 19.1. The Kier molecular flexibility index (Phi) is 5.12. The van der Waals surface area contributed by atoms with Crippen molar-refractivity contribution >= 4 is 5.78 Å². The van der Waals surface area contributed by atoms with Crippen molar-refractivity contribution in [1.82, 2.24) is 9.88 Å². The maximum absolute atomic E-state index is 13.1. The molecular weight excluding hydrogens is 340 g/mol. The van der Waals surface area contributed by atoms with Crippen LogP contribution in [0.2, 0.25) is 0 Å². The van der Waals surface area contributed by atoms with Gasteiger partial charge in [-0.25, -0.2) is 0 Å². The van der Waals surface area contributed by atoms with E-state index in [1.165, 1.54) is 0 Å². The van der Waals surface area contributed by atoms with Gasteiger partial charge in [0.2, 0.25) is 0 Å². The number of carbonyl (C=O) groups is 1. The van der Waals surface area contributed by atoms with Crippen LogP contribution in [0, 0.1) is 5.41 Å². The van der Waals surface area contributed by atoms with Crippen molar-refractivity contribution in [3.8, 4) is 0 Å². The molecule has 5 heteroatoms. The quantitative estimate of drug-likeness (QED) is 0.809. The van der Waals surface area contributed by atoms with Gasteiger partial charge < -0.3 is 9.47 Å². The summed E-state index contributed by atoms with van der Waals surface area (Å²) in [7, 11) is 0. The van der Waals surface area contributed by atoms with Crippen molar-refractivity contribution in [3.05, 3.63) is 29.1 Å². The Hall–Kier alpha value is -1.30. The van der Waals surface area contributed by atoms with Gasteiger partial charge in [-0.15, -0.1) is 0 Å².